The summed E-state index contributed by atoms with van der Waals surface area (Å²) in [6.07, 6.45) is -0.457. The molecule has 2 atom stereocenters. The number of hydrogen-bond acceptors (Lipinski definition) is 4. The Morgan fingerprint density at radius 3 is 1.95 bits per heavy atom. The molecular weight excluding hydrogens is 264 g/mol. The van der Waals surface area contributed by atoms with Crippen LogP contribution in [-0.2, 0) is 0 Å². The monoisotopic (exact) mass is 292 g/mol. The van der Waals surface area contributed by atoms with Gasteiger partial charge in [-0.2, -0.15) is 0 Å². The molecule has 21 heavy (non-hydrogen) atoms. The molecule has 1 aliphatic heterocycles. The van der Waals surface area contributed by atoms with Gasteiger partial charge in [-0.05, 0) is 38.5 Å². The van der Waals surface area contributed by atoms with Gasteiger partial charge in [0, 0.05) is 38.3 Å². The standard InChI is InChI=1S/C17H28N2O2/c1-13(2)18-9-11-19(12-10-18)14(3)17(20)15-5-7-16(21-4)8-6-15/h5-8,13-14,17,20H,9-12H2,1-4H3. The van der Waals surface area contributed by atoms with Gasteiger partial charge in [0.2, 0.25) is 0 Å². The molecule has 4 heteroatoms. The third-order valence-corrected chi connectivity index (χ3v) is 4.57. The molecule has 2 unspecified atom stereocenters. The van der Waals surface area contributed by atoms with Gasteiger partial charge in [0.1, 0.15) is 5.75 Å². The normalized spacial score (nSPS) is 20.5. The van der Waals surface area contributed by atoms with Crippen molar-refractivity contribution in [1.29, 1.82) is 0 Å². The zero-order valence-corrected chi connectivity index (χ0v) is 13.6. The van der Waals surface area contributed by atoms with Crippen LogP contribution in [0, 0.1) is 0 Å². The molecule has 1 aromatic rings. The molecule has 1 fully saturated rings. The van der Waals surface area contributed by atoms with E-state index in [4.69, 9.17) is 4.74 Å². The van der Waals surface area contributed by atoms with E-state index < -0.39 is 6.10 Å². The number of aliphatic hydroxyl groups is 1. The average Bonchev–Trinajstić information content (AvgIpc) is 2.53. The minimum Gasteiger partial charge on any atom is -0.497 e. The number of rotatable bonds is 5. The van der Waals surface area contributed by atoms with Gasteiger partial charge in [-0.15, -0.1) is 0 Å². The molecule has 0 spiro atoms. The summed E-state index contributed by atoms with van der Waals surface area (Å²) in [7, 11) is 1.66. The van der Waals surface area contributed by atoms with Crippen LogP contribution < -0.4 is 4.74 Å². The lowest BCUT2D eigenvalue weighted by Gasteiger charge is -2.41. The molecule has 1 heterocycles. The van der Waals surface area contributed by atoms with Crippen LogP contribution in [0.15, 0.2) is 24.3 Å². The maximum absolute atomic E-state index is 10.6. The highest BCUT2D eigenvalue weighted by atomic mass is 16.5. The van der Waals surface area contributed by atoms with Crippen molar-refractivity contribution in [3.63, 3.8) is 0 Å². The van der Waals surface area contributed by atoms with Crippen molar-refractivity contribution < 1.29 is 9.84 Å². The van der Waals surface area contributed by atoms with Crippen LogP contribution in [0.3, 0.4) is 0 Å². The first-order chi connectivity index (χ1) is 10.0. The fourth-order valence-electron chi connectivity index (χ4n) is 2.94. The molecule has 1 aromatic carbocycles. The summed E-state index contributed by atoms with van der Waals surface area (Å²) in [6, 6.07) is 8.44. The van der Waals surface area contributed by atoms with E-state index in [0.29, 0.717) is 6.04 Å². The quantitative estimate of drug-likeness (QED) is 0.902. The molecule has 0 amide bonds. The smallest absolute Gasteiger partial charge is 0.118 e. The van der Waals surface area contributed by atoms with E-state index in [0.717, 1.165) is 37.5 Å². The summed E-state index contributed by atoms with van der Waals surface area (Å²) in [5.41, 5.74) is 0.953. The van der Waals surface area contributed by atoms with Crippen LogP contribution >= 0.6 is 0 Å². The number of piperazine rings is 1. The molecule has 0 bridgehead atoms. The molecule has 0 radical (unpaired) electrons. The highest BCUT2D eigenvalue weighted by molar-refractivity contribution is 5.29. The molecule has 118 valence electrons. The Morgan fingerprint density at radius 1 is 0.952 bits per heavy atom. The second-order valence-electron chi connectivity index (χ2n) is 6.12. The lowest BCUT2D eigenvalue weighted by Crippen LogP contribution is -2.52. The second kappa shape index (κ2) is 7.25. The largest absolute Gasteiger partial charge is 0.497 e. The first-order valence-corrected chi connectivity index (χ1v) is 7.83. The lowest BCUT2D eigenvalue weighted by molar-refractivity contribution is 0.0194. The number of aliphatic hydroxyl groups excluding tert-OH is 1. The van der Waals surface area contributed by atoms with Crippen molar-refractivity contribution >= 4 is 0 Å². The van der Waals surface area contributed by atoms with Crippen molar-refractivity contribution in [1.82, 2.24) is 9.80 Å². The Labute approximate surface area is 128 Å². The van der Waals surface area contributed by atoms with Crippen LogP contribution in [0.25, 0.3) is 0 Å². The van der Waals surface area contributed by atoms with E-state index >= 15 is 0 Å². The zero-order valence-electron chi connectivity index (χ0n) is 13.6. The Bertz CT molecular complexity index is 425. The Kier molecular flexibility index (Phi) is 5.62. The topological polar surface area (TPSA) is 35.9 Å². The number of ether oxygens (including phenoxy) is 1. The van der Waals surface area contributed by atoms with Crippen molar-refractivity contribution in [2.45, 2.75) is 39.0 Å². The molecule has 1 aliphatic rings. The first kappa shape index (κ1) is 16.3. The molecule has 2 rings (SSSR count). The predicted octanol–water partition coefficient (Wildman–Crippen LogP) is 2.14. The summed E-state index contributed by atoms with van der Waals surface area (Å²) in [5.74, 6) is 0.823. The average molecular weight is 292 g/mol. The number of nitrogens with zero attached hydrogens (tertiary/aromatic N) is 2. The minimum absolute atomic E-state index is 0.132. The van der Waals surface area contributed by atoms with Crippen molar-refractivity contribution in [3.05, 3.63) is 29.8 Å². The maximum Gasteiger partial charge on any atom is 0.118 e. The van der Waals surface area contributed by atoms with Crippen LogP contribution in [0.5, 0.6) is 5.75 Å². The second-order valence-corrected chi connectivity index (χ2v) is 6.12. The molecule has 1 N–H and O–H groups in total. The number of benzene rings is 1. The fourth-order valence-corrected chi connectivity index (χ4v) is 2.94. The molecular formula is C17H28N2O2. The molecule has 0 saturated carbocycles. The van der Waals surface area contributed by atoms with E-state index in [1.807, 2.05) is 24.3 Å². The van der Waals surface area contributed by atoms with Gasteiger partial charge in [0.25, 0.3) is 0 Å². The SMILES string of the molecule is COc1ccc(C(O)C(C)N2CCN(C(C)C)CC2)cc1. The van der Waals surface area contributed by atoms with E-state index in [9.17, 15) is 5.11 Å². The zero-order chi connectivity index (χ0) is 15.4. The van der Waals surface area contributed by atoms with Crippen LogP contribution in [0.1, 0.15) is 32.4 Å². The van der Waals surface area contributed by atoms with Gasteiger partial charge in [0.05, 0.1) is 13.2 Å². The lowest BCUT2D eigenvalue weighted by atomic mass is 10.0. The third kappa shape index (κ3) is 3.96. The third-order valence-electron chi connectivity index (χ3n) is 4.57. The predicted molar refractivity (Wildman–Crippen MR) is 85.7 cm³/mol. The number of hydrogen-bond donors (Lipinski definition) is 1. The Hall–Kier alpha value is -1.10. The molecule has 0 aliphatic carbocycles. The van der Waals surface area contributed by atoms with E-state index in [2.05, 4.69) is 30.6 Å². The van der Waals surface area contributed by atoms with Crippen molar-refractivity contribution in [2.75, 3.05) is 33.3 Å². The van der Waals surface area contributed by atoms with Crippen molar-refractivity contribution in [3.8, 4) is 5.75 Å². The maximum atomic E-state index is 10.6. The highest BCUT2D eigenvalue weighted by Crippen LogP contribution is 2.24. The van der Waals surface area contributed by atoms with E-state index in [-0.39, 0.29) is 6.04 Å². The highest BCUT2D eigenvalue weighted by Gasteiger charge is 2.27. The van der Waals surface area contributed by atoms with Gasteiger partial charge >= 0.3 is 0 Å². The molecule has 4 nitrogen and oxygen atoms in total. The fraction of sp³-hybridized carbons (Fsp3) is 0.647. The summed E-state index contributed by atoms with van der Waals surface area (Å²) in [5, 5.41) is 10.6. The van der Waals surface area contributed by atoms with Crippen LogP contribution in [0.2, 0.25) is 0 Å². The summed E-state index contributed by atoms with van der Waals surface area (Å²) in [4.78, 5) is 4.87. The minimum atomic E-state index is -0.457. The summed E-state index contributed by atoms with van der Waals surface area (Å²) < 4.78 is 5.16. The first-order valence-electron chi connectivity index (χ1n) is 7.83. The van der Waals surface area contributed by atoms with Gasteiger partial charge in [0.15, 0.2) is 0 Å². The van der Waals surface area contributed by atoms with Gasteiger partial charge in [-0.25, -0.2) is 0 Å². The van der Waals surface area contributed by atoms with Crippen molar-refractivity contribution in [2.24, 2.45) is 0 Å². The van der Waals surface area contributed by atoms with Gasteiger partial charge in [-0.1, -0.05) is 12.1 Å². The van der Waals surface area contributed by atoms with Crippen LogP contribution in [-0.4, -0.2) is 60.3 Å². The Balaban J connectivity index is 1.94. The van der Waals surface area contributed by atoms with E-state index in [1.54, 1.807) is 7.11 Å². The molecule has 1 saturated heterocycles. The number of methoxy groups -OCH3 is 1. The van der Waals surface area contributed by atoms with Gasteiger partial charge < -0.3 is 9.84 Å². The van der Waals surface area contributed by atoms with E-state index in [1.165, 1.54) is 0 Å². The molecule has 0 aromatic heterocycles. The Morgan fingerprint density at radius 2 is 1.48 bits per heavy atom. The summed E-state index contributed by atoms with van der Waals surface area (Å²) in [6.45, 7) is 10.8. The summed E-state index contributed by atoms with van der Waals surface area (Å²) >= 11 is 0. The van der Waals surface area contributed by atoms with Crippen LogP contribution in [0.4, 0.5) is 0 Å². The van der Waals surface area contributed by atoms with Gasteiger partial charge in [-0.3, -0.25) is 9.80 Å².